The zero-order valence-electron chi connectivity index (χ0n) is 20.2. The quantitative estimate of drug-likeness (QED) is 0.483. The van der Waals surface area contributed by atoms with Crippen molar-refractivity contribution in [1.82, 2.24) is 0 Å². The molecule has 0 bridgehead atoms. The average Bonchev–Trinajstić information content (AvgIpc) is 3.71. The minimum absolute atomic E-state index is 0.0849. The van der Waals surface area contributed by atoms with Gasteiger partial charge in [0, 0.05) is 6.61 Å². The number of ether oxygens (including phenoxy) is 3. The maximum atomic E-state index is 11.7. The van der Waals surface area contributed by atoms with Gasteiger partial charge in [0.15, 0.2) is 0 Å². The van der Waals surface area contributed by atoms with E-state index < -0.39 is 0 Å². The molecule has 0 unspecified atom stereocenters. The van der Waals surface area contributed by atoms with E-state index in [2.05, 4.69) is 19.1 Å². The summed E-state index contributed by atoms with van der Waals surface area (Å²) in [6, 6.07) is 20.2. The predicted molar refractivity (Wildman–Crippen MR) is 128 cm³/mol. The van der Waals surface area contributed by atoms with Crippen LogP contribution in [-0.4, -0.2) is 37.5 Å². The summed E-state index contributed by atoms with van der Waals surface area (Å²) in [5.41, 5.74) is 2.20. The van der Waals surface area contributed by atoms with Gasteiger partial charge in [-0.1, -0.05) is 67.6 Å². The lowest BCUT2D eigenvalue weighted by Gasteiger charge is -2.10. The standard InChI is InChI=1S/C15H20O3.C13H18O2/c1-3-18-14(16)15(2)9-13(15)11-17-10-12-7-5-4-6-8-12;1-13(10-14)7-12(13)9-15-8-11-5-3-2-4-6-11/h4-8,13H,3,9-11H2,1-2H3;2-6,12,14H,7-10H2,1H3/t13-,15-;12-,13+/m00/s1. The van der Waals surface area contributed by atoms with Gasteiger partial charge in [-0.15, -0.1) is 0 Å². The van der Waals surface area contributed by atoms with Crippen LogP contribution in [0.4, 0.5) is 0 Å². The van der Waals surface area contributed by atoms with E-state index in [1.807, 2.05) is 62.4 Å². The molecule has 2 fully saturated rings. The Morgan fingerprint density at radius 3 is 1.85 bits per heavy atom. The van der Waals surface area contributed by atoms with Crippen LogP contribution in [0.1, 0.15) is 44.7 Å². The van der Waals surface area contributed by atoms with Crippen LogP contribution in [0.25, 0.3) is 0 Å². The fraction of sp³-hybridized carbons (Fsp3) is 0.536. The van der Waals surface area contributed by atoms with Gasteiger partial charge in [-0.05, 0) is 55.1 Å². The summed E-state index contributed by atoms with van der Waals surface area (Å²) in [5, 5.41) is 9.10. The summed E-state index contributed by atoms with van der Waals surface area (Å²) in [5.74, 6) is 0.768. The Bertz CT molecular complexity index is 855. The SMILES string of the molecule is CCOC(=O)[C@@]1(C)C[C@H]1COCc1ccccc1.C[C@]1(CO)C[C@H]1COCc1ccccc1. The summed E-state index contributed by atoms with van der Waals surface area (Å²) >= 11 is 0. The summed E-state index contributed by atoms with van der Waals surface area (Å²) in [4.78, 5) is 11.7. The Labute approximate surface area is 198 Å². The van der Waals surface area contributed by atoms with Crippen molar-refractivity contribution in [3.63, 3.8) is 0 Å². The van der Waals surface area contributed by atoms with E-state index in [1.165, 1.54) is 5.56 Å². The van der Waals surface area contributed by atoms with Crippen LogP contribution < -0.4 is 0 Å². The molecular weight excluding hydrogens is 416 g/mol. The van der Waals surface area contributed by atoms with Crippen molar-refractivity contribution in [2.24, 2.45) is 22.7 Å². The maximum absolute atomic E-state index is 11.7. The molecular formula is C28H38O5. The third-order valence-electron chi connectivity index (χ3n) is 6.91. The Kier molecular flexibility index (Phi) is 9.07. The minimum Gasteiger partial charge on any atom is -0.466 e. The lowest BCUT2D eigenvalue weighted by molar-refractivity contribution is -0.149. The number of aliphatic hydroxyl groups excluding tert-OH is 1. The molecule has 33 heavy (non-hydrogen) atoms. The molecule has 0 spiro atoms. The molecule has 2 aliphatic rings. The van der Waals surface area contributed by atoms with Crippen molar-refractivity contribution in [1.29, 1.82) is 0 Å². The Hall–Kier alpha value is -2.21. The number of esters is 1. The van der Waals surface area contributed by atoms with Crippen LogP contribution in [0.5, 0.6) is 0 Å². The number of hydrogen-bond donors (Lipinski definition) is 1. The van der Waals surface area contributed by atoms with Gasteiger partial charge >= 0.3 is 5.97 Å². The van der Waals surface area contributed by atoms with Crippen LogP contribution in [0, 0.1) is 22.7 Å². The molecule has 5 heteroatoms. The van der Waals surface area contributed by atoms with E-state index in [0.29, 0.717) is 38.3 Å². The van der Waals surface area contributed by atoms with Gasteiger partial charge in [-0.25, -0.2) is 0 Å². The van der Waals surface area contributed by atoms with Crippen LogP contribution in [-0.2, 0) is 32.2 Å². The van der Waals surface area contributed by atoms with Gasteiger partial charge in [0.1, 0.15) is 0 Å². The van der Waals surface area contributed by atoms with Crippen molar-refractivity contribution in [3.8, 4) is 0 Å². The van der Waals surface area contributed by atoms with Crippen LogP contribution in [0.2, 0.25) is 0 Å². The smallest absolute Gasteiger partial charge is 0.312 e. The zero-order chi connectivity index (χ0) is 23.7. The van der Waals surface area contributed by atoms with Crippen molar-refractivity contribution < 1.29 is 24.1 Å². The highest BCUT2D eigenvalue weighted by atomic mass is 16.5. The number of rotatable bonds is 11. The Morgan fingerprint density at radius 2 is 1.39 bits per heavy atom. The van der Waals surface area contributed by atoms with Gasteiger partial charge in [0.05, 0.1) is 38.4 Å². The van der Waals surface area contributed by atoms with E-state index in [4.69, 9.17) is 19.3 Å². The molecule has 0 saturated heterocycles. The van der Waals surface area contributed by atoms with Crippen molar-refractivity contribution in [2.75, 3.05) is 26.4 Å². The average molecular weight is 455 g/mol. The number of aliphatic hydroxyl groups is 1. The summed E-state index contributed by atoms with van der Waals surface area (Å²) < 4.78 is 16.4. The highest BCUT2D eigenvalue weighted by molar-refractivity contribution is 5.80. The van der Waals surface area contributed by atoms with Gasteiger partial charge in [-0.2, -0.15) is 0 Å². The lowest BCUT2D eigenvalue weighted by atomic mass is 10.1. The van der Waals surface area contributed by atoms with Crippen molar-refractivity contribution >= 4 is 5.97 Å². The molecule has 2 aliphatic carbocycles. The summed E-state index contributed by atoms with van der Waals surface area (Å²) in [7, 11) is 0. The Balaban J connectivity index is 0.000000189. The van der Waals surface area contributed by atoms with Crippen molar-refractivity contribution in [2.45, 2.75) is 46.8 Å². The van der Waals surface area contributed by atoms with Crippen LogP contribution >= 0.6 is 0 Å². The molecule has 180 valence electrons. The second kappa shape index (κ2) is 11.8. The maximum Gasteiger partial charge on any atom is 0.312 e. The van der Waals surface area contributed by atoms with E-state index in [-0.39, 0.29) is 23.4 Å². The van der Waals surface area contributed by atoms with E-state index in [1.54, 1.807) is 0 Å². The molecule has 0 radical (unpaired) electrons. The highest BCUT2D eigenvalue weighted by Crippen LogP contribution is 2.53. The summed E-state index contributed by atoms with van der Waals surface area (Å²) in [6.45, 7) is 9.33. The molecule has 0 heterocycles. The molecule has 5 nitrogen and oxygen atoms in total. The molecule has 0 amide bonds. The van der Waals surface area contributed by atoms with Gasteiger partial charge < -0.3 is 19.3 Å². The second-order valence-corrected chi connectivity index (χ2v) is 9.75. The van der Waals surface area contributed by atoms with E-state index in [9.17, 15) is 4.79 Å². The first-order chi connectivity index (χ1) is 15.9. The third kappa shape index (κ3) is 7.39. The predicted octanol–water partition coefficient (Wildman–Crippen LogP) is 5.01. The molecule has 4 rings (SSSR count). The third-order valence-corrected chi connectivity index (χ3v) is 6.91. The second-order valence-electron chi connectivity index (χ2n) is 9.75. The first-order valence-electron chi connectivity index (χ1n) is 11.9. The van der Waals surface area contributed by atoms with Crippen LogP contribution in [0.3, 0.4) is 0 Å². The fourth-order valence-electron chi connectivity index (χ4n) is 3.99. The molecule has 0 aliphatic heterocycles. The monoisotopic (exact) mass is 454 g/mol. The topological polar surface area (TPSA) is 65.0 Å². The molecule has 2 aromatic carbocycles. The number of benzene rings is 2. The molecule has 4 atom stereocenters. The first-order valence-corrected chi connectivity index (χ1v) is 11.9. The van der Waals surface area contributed by atoms with Crippen LogP contribution in [0.15, 0.2) is 60.7 Å². The highest BCUT2D eigenvalue weighted by Gasteiger charge is 2.57. The molecule has 1 N–H and O–H groups in total. The number of carbonyl (C=O) groups excluding carboxylic acids is 1. The fourth-order valence-corrected chi connectivity index (χ4v) is 3.99. The van der Waals surface area contributed by atoms with E-state index in [0.717, 1.165) is 25.0 Å². The van der Waals surface area contributed by atoms with Gasteiger partial charge in [0.25, 0.3) is 0 Å². The molecule has 2 aromatic rings. The summed E-state index contributed by atoms with van der Waals surface area (Å²) in [6.07, 6.45) is 1.97. The first kappa shape index (κ1) is 25.4. The minimum atomic E-state index is -0.313. The van der Waals surface area contributed by atoms with Gasteiger partial charge in [0.2, 0.25) is 0 Å². The molecule has 0 aromatic heterocycles. The molecule has 2 saturated carbocycles. The van der Waals surface area contributed by atoms with Crippen molar-refractivity contribution in [3.05, 3.63) is 71.8 Å². The zero-order valence-corrected chi connectivity index (χ0v) is 20.2. The lowest BCUT2D eigenvalue weighted by Crippen LogP contribution is -2.19. The number of carbonyl (C=O) groups is 1. The Morgan fingerprint density at radius 1 is 0.879 bits per heavy atom. The number of hydrogen-bond acceptors (Lipinski definition) is 5. The largest absolute Gasteiger partial charge is 0.466 e. The van der Waals surface area contributed by atoms with Gasteiger partial charge in [-0.3, -0.25) is 4.79 Å². The normalized spacial score (nSPS) is 27.3. The van der Waals surface area contributed by atoms with E-state index >= 15 is 0 Å².